The van der Waals surface area contributed by atoms with Crippen LogP contribution in [0.15, 0.2) is 47.4 Å². The van der Waals surface area contributed by atoms with Gasteiger partial charge >= 0.3 is 6.03 Å². The fraction of sp³-hybridized carbons (Fsp3) is 0.300. The van der Waals surface area contributed by atoms with Crippen molar-refractivity contribution in [2.24, 2.45) is 0 Å². The number of hydrogen-bond donors (Lipinski definition) is 2. The predicted octanol–water partition coefficient (Wildman–Crippen LogP) is 3.95. The van der Waals surface area contributed by atoms with Crippen molar-refractivity contribution < 1.29 is 9.59 Å². The minimum absolute atomic E-state index is 0.0683. The molecule has 1 fully saturated rings. The molecular formula is C20H23N3O2S. The summed E-state index contributed by atoms with van der Waals surface area (Å²) in [4.78, 5) is 27.7. The monoisotopic (exact) mass is 369 g/mol. The maximum absolute atomic E-state index is 12.7. The average molecular weight is 369 g/mol. The second-order valence-electron chi connectivity index (χ2n) is 6.43. The molecule has 1 saturated heterocycles. The SMILES string of the molecule is CSc1cccc(NC(=O)N[C@H]2CCN(c3ccc(C)c(C)c3)C2=O)c1. The van der Waals surface area contributed by atoms with Crippen molar-refractivity contribution in [2.75, 3.05) is 23.0 Å². The van der Waals surface area contributed by atoms with Crippen LogP contribution < -0.4 is 15.5 Å². The van der Waals surface area contributed by atoms with E-state index < -0.39 is 6.04 Å². The van der Waals surface area contributed by atoms with Gasteiger partial charge in [0.2, 0.25) is 5.91 Å². The summed E-state index contributed by atoms with van der Waals surface area (Å²) < 4.78 is 0. The fourth-order valence-electron chi connectivity index (χ4n) is 2.99. The highest BCUT2D eigenvalue weighted by Gasteiger charge is 2.33. The molecule has 2 aromatic rings. The fourth-order valence-corrected chi connectivity index (χ4v) is 3.45. The summed E-state index contributed by atoms with van der Waals surface area (Å²) in [7, 11) is 0. The Hall–Kier alpha value is -2.47. The number of hydrogen-bond acceptors (Lipinski definition) is 3. The van der Waals surface area contributed by atoms with Crippen LogP contribution in [-0.4, -0.2) is 30.8 Å². The zero-order chi connectivity index (χ0) is 18.7. The maximum Gasteiger partial charge on any atom is 0.319 e. The van der Waals surface area contributed by atoms with E-state index in [-0.39, 0.29) is 11.9 Å². The number of urea groups is 1. The van der Waals surface area contributed by atoms with Gasteiger partial charge in [-0.15, -0.1) is 11.8 Å². The Labute approximate surface area is 158 Å². The summed E-state index contributed by atoms with van der Waals surface area (Å²) in [6.45, 7) is 4.69. The van der Waals surface area contributed by atoms with E-state index in [1.54, 1.807) is 16.7 Å². The molecule has 0 aliphatic carbocycles. The van der Waals surface area contributed by atoms with E-state index in [9.17, 15) is 9.59 Å². The molecule has 0 unspecified atom stereocenters. The van der Waals surface area contributed by atoms with Gasteiger partial charge in [0, 0.05) is 22.8 Å². The van der Waals surface area contributed by atoms with Gasteiger partial charge in [0.25, 0.3) is 0 Å². The lowest BCUT2D eigenvalue weighted by Crippen LogP contribution is -2.43. The molecule has 2 N–H and O–H groups in total. The summed E-state index contributed by atoms with van der Waals surface area (Å²) in [6, 6.07) is 12.7. The molecule has 6 heteroatoms. The van der Waals surface area contributed by atoms with Gasteiger partial charge in [0.05, 0.1) is 0 Å². The first-order valence-corrected chi connectivity index (χ1v) is 9.80. The lowest BCUT2D eigenvalue weighted by Gasteiger charge is -2.18. The van der Waals surface area contributed by atoms with Crippen LogP contribution >= 0.6 is 11.8 Å². The minimum Gasteiger partial charge on any atom is -0.326 e. The third-order valence-electron chi connectivity index (χ3n) is 4.64. The van der Waals surface area contributed by atoms with Crippen molar-refractivity contribution in [3.05, 3.63) is 53.6 Å². The third kappa shape index (κ3) is 4.02. The van der Waals surface area contributed by atoms with Crippen LogP contribution in [0.5, 0.6) is 0 Å². The van der Waals surface area contributed by atoms with Crippen LogP contribution in [0.4, 0.5) is 16.2 Å². The molecular weight excluding hydrogens is 346 g/mol. The number of nitrogens with one attached hydrogen (secondary N) is 2. The standard InChI is InChI=1S/C20H23N3O2S/c1-13-7-8-16(11-14(13)2)23-10-9-18(19(23)24)22-20(25)21-15-5-4-6-17(12-15)26-3/h4-8,11-12,18H,9-10H2,1-3H3,(H2,21,22,25)/t18-/m0/s1. The van der Waals surface area contributed by atoms with Gasteiger partial charge in [0.1, 0.15) is 6.04 Å². The number of anilines is 2. The highest BCUT2D eigenvalue weighted by atomic mass is 32.2. The Morgan fingerprint density at radius 2 is 1.96 bits per heavy atom. The molecule has 1 aliphatic rings. The van der Waals surface area contributed by atoms with E-state index in [1.807, 2.05) is 62.6 Å². The third-order valence-corrected chi connectivity index (χ3v) is 5.37. The molecule has 3 rings (SSSR count). The second-order valence-corrected chi connectivity index (χ2v) is 7.31. The molecule has 0 radical (unpaired) electrons. The Balaban J connectivity index is 1.62. The van der Waals surface area contributed by atoms with Crippen LogP contribution in [-0.2, 0) is 4.79 Å². The summed E-state index contributed by atoms with van der Waals surface area (Å²) in [5, 5.41) is 5.59. The smallest absolute Gasteiger partial charge is 0.319 e. The topological polar surface area (TPSA) is 61.4 Å². The zero-order valence-corrected chi connectivity index (χ0v) is 16.0. The molecule has 0 saturated carbocycles. The first kappa shape index (κ1) is 18.3. The Morgan fingerprint density at radius 3 is 2.69 bits per heavy atom. The second kappa shape index (κ2) is 7.83. The molecule has 0 aromatic heterocycles. The van der Waals surface area contributed by atoms with E-state index in [0.717, 1.165) is 16.1 Å². The van der Waals surface area contributed by atoms with Gasteiger partial charge in [-0.05, 0) is 68.0 Å². The van der Waals surface area contributed by atoms with E-state index >= 15 is 0 Å². The van der Waals surface area contributed by atoms with Crippen molar-refractivity contribution in [2.45, 2.75) is 31.2 Å². The van der Waals surface area contributed by atoms with Gasteiger partial charge in [-0.2, -0.15) is 0 Å². The number of carbonyl (C=O) groups excluding carboxylic acids is 2. The number of carbonyl (C=O) groups is 2. The summed E-state index contributed by atoms with van der Waals surface area (Å²) in [5.41, 5.74) is 3.95. The highest BCUT2D eigenvalue weighted by Crippen LogP contribution is 2.24. The molecule has 26 heavy (non-hydrogen) atoms. The molecule has 136 valence electrons. The van der Waals surface area contributed by atoms with Gasteiger partial charge in [-0.1, -0.05) is 12.1 Å². The normalized spacial score (nSPS) is 16.7. The molecule has 5 nitrogen and oxygen atoms in total. The quantitative estimate of drug-likeness (QED) is 0.802. The Bertz CT molecular complexity index is 838. The average Bonchev–Trinajstić information content (AvgIpc) is 2.98. The first-order chi connectivity index (χ1) is 12.5. The van der Waals surface area contributed by atoms with Crippen LogP contribution in [0.25, 0.3) is 0 Å². The van der Waals surface area contributed by atoms with Gasteiger partial charge in [-0.3, -0.25) is 4.79 Å². The molecule has 0 spiro atoms. The van der Waals surface area contributed by atoms with Crippen molar-refractivity contribution in [3.8, 4) is 0 Å². The molecule has 1 atom stereocenters. The first-order valence-electron chi connectivity index (χ1n) is 8.58. The zero-order valence-electron chi connectivity index (χ0n) is 15.2. The Morgan fingerprint density at radius 1 is 1.15 bits per heavy atom. The number of benzene rings is 2. The van der Waals surface area contributed by atoms with E-state index in [0.29, 0.717) is 18.7 Å². The summed E-state index contributed by atoms with van der Waals surface area (Å²) in [6.07, 6.45) is 2.59. The van der Waals surface area contributed by atoms with Crippen LogP contribution in [0.2, 0.25) is 0 Å². The lowest BCUT2D eigenvalue weighted by molar-refractivity contribution is -0.118. The van der Waals surface area contributed by atoms with E-state index in [2.05, 4.69) is 10.6 Å². The van der Waals surface area contributed by atoms with Crippen molar-refractivity contribution in [1.82, 2.24) is 5.32 Å². The minimum atomic E-state index is -0.500. The largest absolute Gasteiger partial charge is 0.326 e. The Kier molecular flexibility index (Phi) is 5.52. The number of rotatable bonds is 4. The predicted molar refractivity (Wildman–Crippen MR) is 107 cm³/mol. The van der Waals surface area contributed by atoms with E-state index in [4.69, 9.17) is 0 Å². The molecule has 1 aliphatic heterocycles. The molecule has 3 amide bonds. The molecule has 1 heterocycles. The summed E-state index contributed by atoms with van der Waals surface area (Å²) in [5.74, 6) is -0.0683. The van der Waals surface area contributed by atoms with Gasteiger partial charge in [0.15, 0.2) is 0 Å². The van der Waals surface area contributed by atoms with Gasteiger partial charge in [-0.25, -0.2) is 4.79 Å². The van der Waals surface area contributed by atoms with Gasteiger partial charge < -0.3 is 15.5 Å². The number of thioether (sulfide) groups is 1. The molecule has 0 bridgehead atoms. The lowest BCUT2D eigenvalue weighted by atomic mass is 10.1. The van der Waals surface area contributed by atoms with E-state index in [1.165, 1.54) is 5.56 Å². The van der Waals surface area contributed by atoms with Crippen molar-refractivity contribution in [1.29, 1.82) is 0 Å². The number of amides is 3. The highest BCUT2D eigenvalue weighted by molar-refractivity contribution is 7.98. The molecule has 2 aromatic carbocycles. The van der Waals surface area contributed by atoms with Crippen LogP contribution in [0, 0.1) is 13.8 Å². The number of aryl methyl sites for hydroxylation is 2. The van der Waals surface area contributed by atoms with Crippen LogP contribution in [0.3, 0.4) is 0 Å². The van der Waals surface area contributed by atoms with Crippen LogP contribution in [0.1, 0.15) is 17.5 Å². The summed E-state index contributed by atoms with van der Waals surface area (Å²) >= 11 is 1.61. The maximum atomic E-state index is 12.7. The van der Waals surface area contributed by atoms with Crippen molar-refractivity contribution in [3.63, 3.8) is 0 Å². The van der Waals surface area contributed by atoms with Crippen molar-refractivity contribution >= 4 is 35.1 Å². The number of nitrogens with zero attached hydrogens (tertiary/aromatic N) is 1.